The van der Waals surface area contributed by atoms with Crippen molar-refractivity contribution in [2.24, 2.45) is 0 Å². The number of hydrogen-bond acceptors (Lipinski definition) is 5. The molecular weight excluding hydrogens is 312 g/mol. The minimum atomic E-state index is 0.575. The van der Waals surface area contributed by atoms with Crippen LogP contribution in [-0.2, 0) is 0 Å². The summed E-state index contributed by atoms with van der Waals surface area (Å²) in [5.41, 5.74) is 3.87. The van der Waals surface area contributed by atoms with Gasteiger partial charge in [-0.15, -0.1) is 0 Å². The third-order valence-electron chi connectivity index (χ3n) is 3.82. The van der Waals surface area contributed by atoms with Crippen molar-refractivity contribution in [1.82, 2.24) is 8.96 Å². The molecule has 0 radical (unpaired) electrons. The summed E-state index contributed by atoms with van der Waals surface area (Å²) in [6.45, 7) is 2.04. The minimum Gasteiger partial charge on any atom is -0.493 e. The zero-order chi connectivity index (χ0) is 16.6. The minimum absolute atomic E-state index is 0.575. The maximum atomic E-state index is 5.41. The molecule has 0 aliphatic heterocycles. The summed E-state index contributed by atoms with van der Waals surface area (Å²) in [5, 5.41) is 1.06. The van der Waals surface area contributed by atoms with Crippen molar-refractivity contribution in [2.45, 2.75) is 6.92 Å². The van der Waals surface area contributed by atoms with Gasteiger partial charge in [-0.05, 0) is 36.2 Å². The number of thiol groups is 1. The molecule has 2 heterocycles. The van der Waals surface area contributed by atoms with Gasteiger partial charge in [0.2, 0.25) is 5.75 Å². The highest BCUT2D eigenvalue weighted by atomic mass is 32.1. The number of fused-ring (bicyclic) bond motifs is 1. The largest absolute Gasteiger partial charge is 0.493 e. The number of methoxy groups -OCH3 is 3. The summed E-state index contributed by atoms with van der Waals surface area (Å²) in [6.07, 6.45) is 3.76. The highest BCUT2D eigenvalue weighted by Gasteiger charge is 2.15. The molecule has 3 aromatic rings. The first-order chi connectivity index (χ1) is 11.1. The van der Waals surface area contributed by atoms with Gasteiger partial charge in [-0.1, -0.05) is 12.8 Å². The van der Waals surface area contributed by atoms with Gasteiger partial charge < -0.3 is 14.2 Å². The van der Waals surface area contributed by atoms with E-state index in [0.717, 1.165) is 27.7 Å². The Balaban J connectivity index is 2.20. The van der Waals surface area contributed by atoms with Crippen LogP contribution < -0.4 is 14.2 Å². The lowest BCUT2D eigenvalue weighted by atomic mass is 10.0. The third kappa shape index (κ3) is 2.59. The first-order valence-corrected chi connectivity index (χ1v) is 7.46. The molecule has 3 rings (SSSR count). The summed E-state index contributed by atoms with van der Waals surface area (Å²) in [6, 6.07) is 5.92. The van der Waals surface area contributed by atoms with Crippen molar-refractivity contribution in [2.75, 3.05) is 21.3 Å². The predicted octanol–water partition coefficient (Wildman–Crippen LogP) is 3.73. The summed E-state index contributed by atoms with van der Waals surface area (Å²) in [5.74, 6) is 1.81. The van der Waals surface area contributed by atoms with Crippen molar-refractivity contribution in [3.8, 4) is 28.4 Å². The van der Waals surface area contributed by atoms with Gasteiger partial charge in [0.15, 0.2) is 11.5 Å². The molecule has 0 saturated heterocycles. The lowest BCUT2D eigenvalue weighted by Gasteiger charge is -2.14. The van der Waals surface area contributed by atoms with Crippen LogP contribution in [0.3, 0.4) is 0 Å². The topological polar surface area (TPSA) is 45.5 Å². The van der Waals surface area contributed by atoms with Crippen LogP contribution in [0.5, 0.6) is 17.2 Å². The van der Waals surface area contributed by atoms with E-state index in [0.29, 0.717) is 17.2 Å². The molecule has 1 aromatic carbocycles. The van der Waals surface area contributed by atoms with Crippen molar-refractivity contribution in [3.63, 3.8) is 0 Å². The monoisotopic (exact) mass is 330 g/mol. The van der Waals surface area contributed by atoms with E-state index in [4.69, 9.17) is 14.2 Å². The molecule has 5 nitrogen and oxygen atoms in total. The Morgan fingerprint density at radius 2 is 1.61 bits per heavy atom. The van der Waals surface area contributed by atoms with Crippen LogP contribution in [-0.4, -0.2) is 30.3 Å². The molecule has 0 aliphatic carbocycles. The normalized spacial score (nSPS) is 10.8. The highest BCUT2D eigenvalue weighted by molar-refractivity contribution is 7.78. The second kappa shape index (κ2) is 6.04. The molecule has 120 valence electrons. The number of hydrogen-bond donors (Lipinski definition) is 1. The van der Waals surface area contributed by atoms with Crippen molar-refractivity contribution >= 4 is 23.8 Å². The van der Waals surface area contributed by atoms with Crippen LogP contribution in [0, 0.1) is 6.92 Å². The fourth-order valence-electron chi connectivity index (χ4n) is 2.65. The van der Waals surface area contributed by atoms with Crippen molar-refractivity contribution in [3.05, 3.63) is 36.2 Å². The molecule has 2 aromatic heterocycles. The Morgan fingerprint density at radius 3 is 2.17 bits per heavy atom. The van der Waals surface area contributed by atoms with E-state index in [1.54, 1.807) is 25.3 Å². The number of rotatable bonds is 4. The summed E-state index contributed by atoms with van der Waals surface area (Å²) in [7, 11) is 4.80. The van der Waals surface area contributed by atoms with Gasteiger partial charge in [0.1, 0.15) is 5.65 Å². The van der Waals surface area contributed by atoms with E-state index in [1.165, 1.54) is 0 Å². The molecule has 0 atom stereocenters. The van der Waals surface area contributed by atoms with E-state index in [-0.39, 0.29) is 0 Å². The van der Waals surface area contributed by atoms with E-state index < -0.39 is 0 Å². The maximum Gasteiger partial charge on any atom is 0.203 e. The fourth-order valence-corrected chi connectivity index (χ4v) is 2.98. The zero-order valence-corrected chi connectivity index (χ0v) is 14.3. The van der Waals surface area contributed by atoms with Crippen LogP contribution in [0.25, 0.3) is 22.2 Å². The number of benzene rings is 1. The number of nitrogens with zero attached hydrogens (tertiary/aromatic N) is 2. The first kappa shape index (κ1) is 15.6. The summed E-state index contributed by atoms with van der Waals surface area (Å²) in [4.78, 5) is 4.51. The van der Waals surface area contributed by atoms with E-state index in [9.17, 15) is 0 Å². The van der Waals surface area contributed by atoms with Gasteiger partial charge >= 0.3 is 0 Å². The summed E-state index contributed by atoms with van der Waals surface area (Å²) < 4.78 is 17.9. The molecule has 6 heteroatoms. The Kier molecular flexibility index (Phi) is 4.09. The molecule has 0 N–H and O–H groups in total. The molecule has 23 heavy (non-hydrogen) atoms. The summed E-state index contributed by atoms with van der Waals surface area (Å²) >= 11 is 4.38. The quantitative estimate of drug-likeness (QED) is 0.741. The number of pyridine rings is 1. The van der Waals surface area contributed by atoms with Crippen LogP contribution in [0.4, 0.5) is 0 Å². The molecule has 0 saturated carbocycles. The zero-order valence-electron chi connectivity index (χ0n) is 13.5. The average Bonchev–Trinajstić information content (AvgIpc) is 2.87. The maximum absolute atomic E-state index is 5.41. The van der Waals surface area contributed by atoms with E-state index >= 15 is 0 Å². The Labute approximate surface area is 140 Å². The van der Waals surface area contributed by atoms with Gasteiger partial charge in [0, 0.05) is 23.3 Å². The first-order valence-electron chi connectivity index (χ1n) is 7.06. The highest BCUT2D eigenvalue weighted by Crippen LogP contribution is 2.41. The number of aryl methyl sites for hydroxylation is 1. The van der Waals surface area contributed by atoms with Crippen molar-refractivity contribution < 1.29 is 14.2 Å². The lowest BCUT2D eigenvalue weighted by molar-refractivity contribution is 0.324. The van der Waals surface area contributed by atoms with Crippen molar-refractivity contribution in [1.29, 1.82) is 0 Å². The van der Waals surface area contributed by atoms with Gasteiger partial charge in [0.25, 0.3) is 0 Å². The molecule has 0 aliphatic rings. The van der Waals surface area contributed by atoms with Crippen LogP contribution in [0.1, 0.15) is 5.56 Å². The molecule has 0 fully saturated rings. The predicted molar refractivity (Wildman–Crippen MR) is 93.9 cm³/mol. The van der Waals surface area contributed by atoms with E-state index in [1.807, 2.05) is 31.5 Å². The van der Waals surface area contributed by atoms with Crippen LogP contribution in [0.15, 0.2) is 30.6 Å². The molecule has 0 bridgehead atoms. The molecular formula is C17H18N2O3S. The van der Waals surface area contributed by atoms with Gasteiger partial charge in [-0.3, -0.25) is 3.97 Å². The van der Waals surface area contributed by atoms with Crippen LogP contribution in [0.2, 0.25) is 0 Å². The van der Waals surface area contributed by atoms with Gasteiger partial charge in [-0.2, -0.15) is 0 Å². The van der Waals surface area contributed by atoms with E-state index in [2.05, 4.69) is 23.9 Å². The SMILES string of the molecule is COc1cc(-c2cnc3c(c2)c(C)cn3S)cc(OC)c1OC. The Hall–Kier alpha value is -2.34. The molecule has 0 unspecified atom stereocenters. The standard InChI is InChI=1S/C17H18N2O3S/c1-10-9-19(23)17-13(10)5-12(8-18-17)11-6-14(20-2)16(22-4)15(7-11)21-3/h5-9,23H,1-4H3. The van der Waals surface area contributed by atoms with Crippen LogP contribution >= 0.6 is 12.8 Å². The number of aromatic nitrogens is 2. The third-order valence-corrected chi connectivity index (χ3v) is 4.13. The molecule has 0 amide bonds. The average molecular weight is 330 g/mol. The smallest absolute Gasteiger partial charge is 0.203 e. The lowest BCUT2D eigenvalue weighted by Crippen LogP contribution is -1.96. The Morgan fingerprint density at radius 1 is 0.957 bits per heavy atom. The second-order valence-electron chi connectivity index (χ2n) is 5.17. The van der Waals surface area contributed by atoms with Gasteiger partial charge in [-0.25, -0.2) is 4.98 Å². The number of ether oxygens (including phenoxy) is 3. The second-order valence-corrected chi connectivity index (χ2v) is 5.60. The van der Waals surface area contributed by atoms with Gasteiger partial charge in [0.05, 0.1) is 21.3 Å². The molecule has 0 spiro atoms. The Bertz CT molecular complexity index is 849. The fraction of sp³-hybridized carbons (Fsp3) is 0.235.